The van der Waals surface area contributed by atoms with Gasteiger partial charge in [0.25, 0.3) is 0 Å². The first-order chi connectivity index (χ1) is 13.9. The molecule has 10 heteroatoms. The highest BCUT2D eigenvalue weighted by Gasteiger charge is 2.31. The lowest BCUT2D eigenvalue weighted by molar-refractivity contribution is 0.125. The number of likely N-dealkylation sites (tertiary alicyclic amines) is 1. The van der Waals surface area contributed by atoms with Crippen LogP contribution in [0.2, 0.25) is 0 Å². The molecule has 2 unspecified atom stereocenters. The number of hydrogen-bond acceptors (Lipinski definition) is 5. The van der Waals surface area contributed by atoms with Gasteiger partial charge >= 0.3 is 0 Å². The fourth-order valence-electron chi connectivity index (χ4n) is 4.46. The predicted molar refractivity (Wildman–Crippen MR) is 136 cm³/mol. The summed E-state index contributed by atoms with van der Waals surface area (Å²) in [5.74, 6) is 1.54. The molecule has 1 aromatic rings. The number of piperidine rings is 2. The van der Waals surface area contributed by atoms with Gasteiger partial charge in [-0.05, 0) is 63.6 Å². The molecule has 2 atom stereocenters. The van der Waals surface area contributed by atoms with Crippen LogP contribution in [0.25, 0.3) is 0 Å². The van der Waals surface area contributed by atoms with Gasteiger partial charge in [-0.15, -0.1) is 35.3 Å². The Morgan fingerprint density at radius 3 is 2.60 bits per heavy atom. The molecular formula is C20H36IN5O2S2. The quantitative estimate of drug-likeness (QED) is 0.313. The summed E-state index contributed by atoms with van der Waals surface area (Å²) in [5, 5.41) is 9.20. The predicted octanol–water partition coefficient (Wildman–Crippen LogP) is 2.73. The van der Waals surface area contributed by atoms with Crippen LogP contribution < -0.4 is 10.6 Å². The van der Waals surface area contributed by atoms with Gasteiger partial charge in [-0.25, -0.2) is 12.7 Å². The molecule has 2 aliphatic heterocycles. The normalized spacial score (nSPS) is 25.0. The summed E-state index contributed by atoms with van der Waals surface area (Å²) in [4.78, 5) is 8.32. The number of hydrogen-bond donors (Lipinski definition) is 2. The van der Waals surface area contributed by atoms with E-state index < -0.39 is 10.0 Å². The third-order valence-electron chi connectivity index (χ3n) is 6.15. The van der Waals surface area contributed by atoms with E-state index in [0.717, 1.165) is 31.9 Å². The molecular weight excluding hydrogens is 533 g/mol. The number of sulfonamides is 1. The molecule has 1 aromatic heterocycles. The highest BCUT2D eigenvalue weighted by Crippen LogP contribution is 2.36. The molecule has 2 saturated heterocycles. The zero-order valence-electron chi connectivity index (χ0n) is 18.2. The Morgan fingerprint density at radius 2 is 2.00 bits per heavy atom. The zero-order valence-corrected chi connectivity index (χ0v) is 22.2. The zero-order chi connectivity index (χ0) is 20.9. The number of aliphatic imine (C=N–C) groups is 1. The third-order valence-corrected chi connectivity index (χ3v) is 8.97. The summed E-state index contributed by atoms with van der Waals surface area (Å²) in [6.07, 6.45) is 4.05. The Labute approximate surface area is 202 Å². The largest absolute Gasteiger partial charge is 0.356 e. The van der Waals surface area contributed by atoms with E-state index in [1.807, 2.05) is 11.3 Å². The summed E-state index contributed by atoms with van der Waals surface area (Å²) in [7, 11) is 0.945. The second kappa shape index (κ2) is 12.0. The van der Waals surface area contributed by atoms with Crippen molar-refractivity contribution in [2.45, 2.75) is 44.7 Å². The van der Waals surface area contributed by atoms with E-state index in [-0.39, 0.29) is 35.8 Å². The summed E-state index contributed by atoms with van der Waals surface area (Å²) >= 11 is 1.84. The van der Waals surface area contributed by atoms with Crippen LogP contribution in [-0.4, -0.2) is 75.7 Å². The maximum atomic E-state index is 12.0. The van der Waals surface area contributed by atoms with Crippen LogP contribution >= 0.6 is 35.3 Å². The van der Waals surface area contributed by atoms with E-state index >= 15 is 0 Å². The Bertz CT molecular complexity index is 764. The molecule has 2 N–H and O–H groups in total. The van der Waals surface area contributed by atoms with Crippen LogP contribution in [0.3, 0.4) is 0 Å². The molecule has 2 fully saturated rings. The van der Waals surface area contributed by atoms with Crippen molar-refractivity contribution in [3.8, 4) is 0 Å². The molecule has 2 aliphatic rings. The molecule has 0 amide bonds. The number of guanidine groups is 1. The van der Waals surface area contributed by atoms with Crippen molar-refractivity contribution >= 4 is 51.3 Å². The fourth-order valence-corrected chi connectivity index (χ4v) is 6.57. The summed E-state index contributed by atoms with van der Waals surface area (Å²) in [6.45, 7) is 4.90. The molecule has 0 radical (unpaired) electrons. The molecule has 0 aromatic carbocycles. The SMILES string of the molecule is CCS(=O)(=O)N1CCC(NC(=NC)NCC2CCCN(C)C2c2cccs2)CC1.I. The number of nitrogens with one attached hydrogen (secondary N) is 2. The van der Waals surface area contributed by atoms with E-state index in [1.54, 1.807) is 18.3 Å². The second-order valence-corrected chi connectivity index (χ2v) is 11.3. The first-order valence-corrected chi connectivity index (χ1v) is 13.1. The fraction of sp³-hybridized carbons (Fsp3) is 0.750. The van der Waals surface area contributed by atoms with Crippen LogP contribution in [0, 0.1) is 5.92 Å². The monoisotopic (exact) mass is 569 g/mol. The van der Waals surface area contributed by atoms with Crippen molar-refractivity contribution in [2.75, 3.05) is 46.0 Å². The Hall–Kier alpha value is -0.430. The molecule has 3 rings (SSSR count). The van der Waals surface area contributed by atoms with Gasteiger partial charge in [0.1, 0.15) is 0 Å². The standard InChI is InChI=1S/C20H35N5O2S2.HI/c1-4-29(26,27)25-12-9-17(10-13-25)23-20(21-2)22-15-16-7-5-11-24(3)19(16)18-8-6-14-28-18;/h6,8,14,16-17,19H,4-5,7,9-13,15H2,1-3H3,(H2,21,22,23);1H. The van der Waals surface area contributed by atoms with Crippen molar-refractivity contribution in [3.05, 3.63) is 22.4 Å². The lowest BCUT2D eigenvalue weighted by Gasteiger charge is -2.39. The first kappa shape index (κ1) is 25.8. The first-order valence-electron chi connectivity index (χ1n) is 10.6. The van der Waals surface area contributed by atoms with Crippen molar-refractivity contribution in [1.29, 1.82) is 0 Å². The number of rotatable bonds is 6. The highest BCUT2D eigenvalue weighted by molar-refractivity contribution is 14.0. The Balaban J connectivity index is 0.00000320. The lowest BCUT2D eigenvalue weighted by Crippen LogP contribution is -2.51. The van der Waals surface area contributed by atoms with E-state index in [0.29, 0.717) is 25.0 Å². The summed E-state index contributed by atoms with van der Waals surface area (Å²) < 4.78 is 25.7. The van der Waals surface area contributed by atoms with Gasteiger partial charge in [0.2, 0.25) is 10.0 Å². The smallest absolute Gasteiger partial charge is 0.213 e. The number of halogens is 1. The van der Waals surface area contributed by atoms with Crippen LogP contribution in [-0.2, 0) is 10.0 Å². The molecule has 3 heterocycles. The molecule has 7 nitrogen and oxygen atoms in total. The maximum absolute atomic E-state index is 12.0. The van der Waals surface area contributed by atoms with Gasteiger partial charge in [-0.1, -0.05) is 6.07 Å². The van der Waals surface area contributed by atoms with E-state index in [1.165, 1.54) is 17.7 Å². The summed E-state index contributed by atoms with van der Waals surface area (Å²) in [6, 6.07) is 5.09. The third kappa shape index (κ3) is 6.54. The maximum Gasteiger partial charge on any atom is 0.213 e. The minimum Gasteiger partial charge on any atom is -0.356 e. The molecule has 172 valence electrons. The Kier molecular flexibility index (Phi) is 10.3. The van der Waals surface area contributed by atoms with Gasteiger partial charge in [0, 0.05) is 43.6 Å². The van der Waals surface area contributed by atoms with E-state index in [9.17, 15) is 8.42 Å². The average Bonchev–Trinajstić information content (AvgIpc) is 3.25. The van der Waals surface area contributed by atoms with Crippen molar-refractivity contribution < 1.29 is 8.42 Å². The number of thiophene rings is 1. The summed E-state index contributed by atoms with van der Waals surface area (Å²) in [5.41, 5.74) is 0. The van der Waals surface area contributed by atoms with Gasteiger partial charge in [-0.3, -0.25) is 9.89 Å². The van der Waals surface area contributed by atoms with E-state index in [2.05, 4.69) is 45.1 Å². The topological polar surface area (TPSA) is 77.0 Å². The minimum absolute atomic E-state index is 0. The Morgan fingerprint density at radius 1 is 1.27 bits per heavy atom. The molecule has 0 spiro atoms. The van der Waals surface area contributed by atoms with Crippen molar-refractivity contribution in [1.82, 2.24) is 19.8 Å². The molecule has 0 aliphatic carbocycles. The molecule has 0 saturated carbocycles. The molecule has 30 heavy (non-hydrogen) atoms. The van der Waals surface area contributed by atoms with Crippen molar-refractivity contribution in [3.63, 3.8) is 0 Å². The highest BCUT2D eigenvalue weighted by atomic mass is 127. The van der Waals surface area contributed by atoms with Gasteiger partial charge in [0.15, 0.2) is 5.96 Å². The second-order valence-electron chi connectivity index (χ2n) is 8.01. The average molecular weight is 570 g/mol. The van der Waals surface area contributed by atoms with Crippen LogP contribution in [0.4, 0.5) is 0 Å². The van der Waals surface area contributed by atoms with Gasteiger partial charge in [-0.2, -0.15) is 0 Å². The van der Waals surface area contributed by atoms with Crippen LogP contribution in [0.15, 0.2) is 22.5 Å². The van der Waals surface area contributed by atoms with E-state index in [4.69, 9.17) is 0 Å². The van der Waals surface area contributed by atoms with Crippen LogP contribution in [0.1, 0.15) is 43.5 Å². The van der Waals surface area contributed by atoms with Gasteiger partial charge < -0.3 is 10.6 Å². The van der Waals surface area contributed by atoms with Crippen molar-refractivity contribution in [2.24, 2.45) is 10.9 Å². The number of nitrogens with zero attached hydrogens (tertiary/aromatic N) is 3. The lowest BCUT2D eigenvalue weighted by atomic mass is 9.88. The van der Waals surface area contributed by atoms with Crippen LogP contribution in [0.5, 0.6) is 0 Å². The molecule has 0 bridgehead atoms. The van der Waals surface area contributed by atoms with Gasteiger partial charge in [0.05, 0.1) is 5.75 Å². The minimum atomic E-state index is -3.08.